The smallest absolute Gasteiger partial charge is 0.159 e. The van der Waals surface area contributed by atoms with Gasteiger partial charge in [-0.3, -0.25) is 5.84 Å². The molecule has 0 bridgehead atoms. The highest BCUT2D eigenvalue weighted by Gasteiger charge is 2.16. The molecule has 2 rings (SSSR count). The van der Waals surface area contributed by atoms with Gasteiger partial charge in [0.15, 0.2) is 11.6 Å². The highest BCUT2D eigenvalue weighted by Crippen LogP contribution is 2.30. The Morgan fingerprint density at radius 3 is 2.30 bits per heavy atom. The molecular formula is C14H13BrF2N2O. The molecule has 0 aromatic heterocycles. The summed E-state index contributed by atoms with van der Waals surface area (Å²) >= 11 is 3.38. The predicted octanol–water partition coefficient (Wildman–Crippen LogP) is 3.29. The minimum Gasteiger partial charge on any atom is -0.496 e. The predicted molar refractivity (Wildman–Crippen MR) is 76.2 cm³/mol. The van der Waals surface area contributed by atoms with E-state index in [1.54, 1.807) is 19.2 Å². The van der Waals surface area contributed by atoms with Crippen LogP contribution >= 0.6 is 15.9 Å². The zero-order valence-corrected chi connectivity index (χ0v) is 12.2. The molecule has 20 heavy (non-hydrogen) atoms. The number of methoxy groups -OCH3 is 1. The van der Waals surface area contributed by atoms with Gasteiger partial charge in [0.1, 0.15) is 5.75 Å². The Balaban J connectivity index is 2.41. The first kappa shape index (κ1) is 14.9. The van der Waals surface area contributed by atoms with Gasteiger partial charge in [0.05, 0.1) is 17.6 Å². The van der Waals surface area contributed by atoms with E-state index in [0.29, 0.717) is 11.3 Å². The molecule has 0 saturated carbocycles. The molecule has 0 spiro atoms. The average Bonchev–Trinajstić information content (AvgIpc) is 2.44. The Kier molecular flexibility index (Phi) is 4.69. The van der Waals surface area contributed by atoms with Crippen LogP contribution in [0.4, 0.5) is 8.78 Å². The number of hydrogen-bond donors (Lipinski definition) is 2. The number of halogens is 3. The quantitative estimate of drug-likeness (QED) is 0.662. The normalized spacial score (nSPS) is 12.2. The first-order valence-electron chi connectivity index (χ1n) is 5.81. The van der Waals surface area contributed by atoms with Crippen LogP contribution in [0, 0.1) is 11.6 Å². The van der Waals surface area contributed by atoms with Crippen molar-refractivity contribution in [2.24, 2.45) is 5.84 Å². The van der Waals surface area contributed by atoms with Crippen molar-refractivity contribution in [2.45, 2.75) is 6.04 Å². The number of hydrogen-bond acceptors (Lipinski definition) is 3. The molecule has 0 aliphatic carbocycles. The summed E-state index contributed by atoms with van der Waals surface area (Å²) in [6, 6.07) is 8.61. The second-order valence-electron chi connectivity index (χ2n) is 4.17. The van der Waals surface area contributed by atoms with Gasteiger partial charge in [-0.25, -0.2) is 14.2 Å². The molecule has 3 N–H and O–H groups in total. The van der Waals surface area contributed by atoms with Crippen LogP contribution in [-0.2, 0) is 0 Å². The summed E-state index contributed by atoms with van der Waals surface area (Å²) in [5.41, 5.74) is 3.92. The van der Waals surface area contributed by atoms with E-state index in [2.05, 4.69) is 21.4 Å². The third kappa shape index (κ3) is 2.98. The van der Waals surface area contributed by atoms with Crippen LogP contribution in [0.1, 0.15) is 17.2 Å². The first-order chi connectivity index (χ1) is 9.56. The standard InChI is InChI=1S/C14H13BrF2N2O/c1-20-13-5-3-8(6-10(13)15)14(19-18)9-2-4-11(16)12(17)7-9/h2-7,14,19H,18H2,1H3. The van der Waals surface area contributed by atoms with E-state index in [-0.39, 0.29) is 0 Å². The van der Waals surface area contributed by atoms with Crippen molar-refractivity contribution in [2.75, 3.05) is 7.11 Å². The summed E-state index contributed by atoms with van der Waals surface area (Å²) in [6.07, 6.45) is 0. The molecule has 2 aromatic rings. The summed E-state index contributed by atoms with van der Waals surface area (Å²) in [5, 5.41) is 0. The molecule has 0 amide bonds. The minimum atomic E-state index is -0.907. The van der Waals surface area contributed by atoms with E-state index in [9.17, 15) is 8.78 Å². The number of benzene rings is 2. The van der Waals surface area contributed by atoms with Crippen LogP contribution in [0.15, 0.2) is 40.9 Å². The molecule has 0 radical (unpaired) electrons. The second kappa shape index (κ2) is 6.30. The SMILES string of the molecule is COc1ccc(C(NN)c2ccc(F)c(F)c2)cc1Br. The third-order valence-corrected chi connectivity index (χ3v) is 3.57. The largest absolute Gasteiger partial charge is 0.496 e. The molecule has 0 fully saturated rings. The lowest BCUT2D eigenvalue weighted by Gasteiger charge is -2.18. The minimum absolute atomic E-state index is 0.452. The number of ether oxygens (including phenoxy) is 1. The Morgan fingerprint density at radius 2 is 1.75 bits per heavy atom. The summed E-state index contributed by atoms with van der Waals surface area (Å²) in [7, 11) is 1.56. The lowest BCUT2D eigenvalue weighted by atomic mass is 9.99. The summed E-state index contributed by atoms with van der Waals surface area (Å²) < 4.78 is 32.2. The summed E-state index contributed by atoms with van der Waals surface area (Å²) in [5.74, 6) is 4.41. The van der Waals surface area contributed by atoms with Gasteiger partial charge in [0.2, 0.25) is 0 Å². The monoisotopic (exact) mass is 342 g/mol. The zero-order chi connectivity index (χ0) is 14.7. The van der Waals surface area contributed by atoms with Crippen molar-refractivity contribution in [3.63, 3.8) is 0 Å². The van der Waals surface area contributed by atoms with Gasteiger partial charge < -0.3 is 4.74 Å². The van der Waals surface area contributed by atoms with Gasteiger partial charge in [-0.1, -0.05) is 12.1 Å². The van der Waals surface area contributed by atoms with Crippen LogP contribution < -0.4 is 16.0 Å². The highest BCUT2D eigenvalue weighted by atomic mass is 79.9. The van der Waals surface area contributed by atoms with Crippen molar-refractivity contribution in [1.29, 1.82) is 0 Å². The average molecular weight is 343 g/mol. The lowest BCUT2D eigenvalue weighted by Crippen LogP contribution is -2.29. The van der Waals surface area contributed by atoms with E-state index >= 15 is 0 Å². The number of hydrazine groups is 1. The van der Waals surface area contributed by atoms with Gasteiger partial charge in [0.25, 0.3) is 0 Å². The van der Waals surface area contributed by atoms with Crippen LogP contribution in [-0.4, -0.2) is 7.11 Å². The number of rotatable bonds is 4. The maximum atomic E-state index is 13.3. The molecular weight excluding hydrogens is 330 g/mol. The molecule has 0 aliphatic rings. The first-order valence-corrected chi connectivity index (χ1v) is 6.60. The Bertz CT molecular complexity index is 622. The molecule has 3 nitrogen and oxygen atoms in total. The Labute approximate surface area is 123 Å². The van der Waals surface area contributed by atoms with E-state index in [4.69, 9.17) is 10.6 Å². The van der Waals surface area contributed by atoms with Gasteiger partial charge in [-0.15, -0.1) is 0 Å². The zero-order valence-electron chi connectivity index (χ0n) is 10.7. The Hall–Kier alpha value is -1.50. The fourth-order valence-electron chi connectivity index (χ4n) is 1.94. The molecule has 0 aliphatic heterocycles. The van der Waals surface area contributed by atoms with Gasteiger partial charge in [-0.2, -0.15) is 0 Å². The van der Waals surface area contributed by atoms with Crippen LogP contribution in [0.2, 0.25) is 0 Å². The summed E-state index contributed by atoms with van der Waals surface area (Å²) in [4.78, 5) is 0. The fraction of sp³-hybridized carbons (Fsp3) is 0.143. The topological polar surface area (TPSA) is 47.3 Å². The van der Waals surface area contributed by atoms with E-state index < -0.39 is 17.7 Å². The fourth-order valence-corrected chi connectivity index (χ4v) is 2.50. The summed E-state index contributed by atoms with van der Waals surface area (Å²) in [6.45, 7) is 0. The number of nitrogens with one attached hydrogen (secondary N) is 1. The van der Waals surface area contributed by atoms with Crippen LogP contribution in [0.5, 0.6) is 5.75 Å². The van der Waals surface area contributed by atoms with Gasteiger partial charge in [0, 0.05) is 0 Å². The van der Waals surface area contributed by atoms with Crippen molar-refractivity contribution in [3.05, 3.63) is 63.6 Å². The van der Waals surface area contributed by atoms with E-state index in [1.807, 2.05) is 6.07 Å². The molecule has 0 saturated heterocycles. The molecule has 2 aromatic carbocycles. The van der Waals surface area contributed by atoms with Gasteiger partial charge >= 0.3 is 0 Å². The van der Waals surface area contributed by atoms with Crippen molar-refractivity contribution in [3.8, 4) is 5.75 Å². The Morgan fingerprint density at radius 1 is 1.10 bits per heavy atom. The van der Waals surface area contributed by atoms with E-state index in [0.717, 1.165) is 22.2 Å². The van der Waals surface area contributed by atoms with Gasteiger partial charge in [-0.05, 0) is 51.3 Å². The van der Waals surface area contributed by atoms with E-state index in [1.165, 1.54) is 6.07 Å². The molecule has 0 heterocycles. The highest BCUT2D eigenvalue weighted by molar-refractivity contribution is 9.10. The van der Waals surface area contributed by atoms with Crippen molar-refractivity contribution in [1.82, 2.24) is 5.43 Å². The molecule has 106 valence electrons. The van der Waals surface area contributed by atoms with Crippen molar-refractivity contribution < 1.29 is 13.5 Å². The molecule has 1 unspecified atom stereocenters. The van der Waals surface area contributed by atoms with Crippen LogP contribution in [0.3, 0.4) is 0 Å². The van der Waals surface area contributed by atoms with Crippen molar-refractivity contribution >= 4 is 15.9 Å². The maximum absolute atomic E-state index is 13.3. The van der Waals surface area contributed by atoms with Crippen LogP contribution in [0.25, 0.3) is 0 Å². The number of nitrogens with two attached hydrogens (primary N) is 1. The lowest BCUT2D eigenvalue weighted by molar-refractivity contribution is 0.411. The second-order valence-corrected chi connectivity index (χ2v) is 5.02. The molecule has 1 atom stereocenters. The maximum Gasteiger partial charge on any atom is 0.159 e. The molecule has 6 heteroatoms. The third-order valence-electron chi connectivity index (χ3n) is 2.95.